The molecular weight excluding hydrogens is 410 g/mol. The van der Waals surface area contributed by atoms with Crippen LogP contribution in [-0.2, 0) is 16.0 Å². The van der Waals surface area contributed by atoms with Crippen molar-refractivity contribution in [3.63, 3.8) is 0 Å². The number of carbonyl (C=O) groups is 1. The summed E-state index contributed by atoms with van der Waals surface area (Å²) in [6.45, 7) is 0.891. The van der Waals surface area contributed by atoms with E-state index in [2.05, 4.69) is 5.32 Å². The maximum absolute atomic E-state index is 13.4. The molecule has 158 valence electrons. The van der Waals surface area contributed by atoms with Crippen LogP contribution in [0.1, 0.15) is 23.0 Å². The van der Waals surface area contributed by atoms with Crippen LogP contribution in [0.25, 0.3) is 11.0 Å². The van der Waals surface area contributed by atoms with Crippen LogP contribution in [0.3, 0.4) is 0 Å². The molecule has 1 N–H and O–H groups in total. The Bertz CT molecular complexity index is 1170. The SMILES string of the molecule is COCCNC(=O)[C@@H](c1ccccc1)n1c(Cc2cccc(Cl)c2)nc2ccccc21. The number of methoxy groups -OCH3 is 1. The number of aromatic nitrogens is 2. The van der Waals surface area contributed by atoms with E-state index in [1.54, 1.807) is 7.11 Å². The van der Waals surface area contributed by atoms with Gasteiger partial charge in [-0.15, -0.1) is 0 Å². The maximum Gasteiger partial charge on any atom is 0.247 e. The fraction of sp³-hybridized carbons (Fsp3) is 0.200. The number of ether oxygens (including phenoxy) is 1. The van der Waals surface area contributed by atoms with Crippen molar-refractivity contribution >= 4 is 28.5 Å². The van der Waals surface area contributed by atoms with Crippen LogP contribution >= 0.6 is 11.6 Å². The number of fused-ring (bicyclic) bond motifs is 1. The normalized spacial score (nSPS) is 12.1. The molecule has 0 saturated carbocycles. The minimum atomic E-state index is -0.556. The quantitative estimate of drug-likeness (QED) is 0.412. The van der Waals surface area contributed by atoms with Gasteiger partial charge in [-0.1, -0.05) is 66.2 Å². The number of para-hydroxylation sites is 2. The fourth-order valence-electron chi connectivity index (χ4n) is 3.76. The van der Waals surface area contributed by atoms with Crippen LogP contribution < -0.4 is 5.32 Å². The van der Waals surface area contributed by atoms with E-state index in [0.29, 0.717) is 24.6 Å². The molecule has 0 bridgehead atoms. The second-order valence-electron chi connectivity index (χ2n) is 7.29. The Morgan fingerprint density at radius 1 is 1.06 bits per heavy atom. The van der Waals surface area contributed by atoms with Gasteiger partial charge in [0, 0.05) is 25.1 Å². The van der Waals surface area contributed by atoms with E-state index in [-0.39, 0.29) is 5.91 Å². The van der Waals surface area contributed by atoms with Gasteiger partial charge in [-0.25, -0.2) is 4.98 Å². The van der Waals surface area contributed by atoms with Crippen LogP contribution in [0.2, 0.25) is 5.02 Å². The maximum atomic E-state index is 13.4. The van der Waals surface area contributed by atoms with Crippen molar-refractivity contribution in [3.05, 3.63) is 101 Å². The molecular formula is C25H24ClN3O2. The van der Waals surface area contributed by atoms with E-state index < -0.39 is 6.04 Å². The van der Waals surface area contributed by atoms with Gasteiger partial charge < -0.3 is 14.6 Å². The predicted octanol–water partition coefficient (Wildman–Crippen LogP) is 4.63. The Kier molecular flexibility index (Phi) is 6.65. The zero-order valence-corrected chi connectivity index (χ0v) is 18.0. The molecule has 0 fully saturated rings. The molecule has 0 aliphatic rings. The molecule has 5 nitrogen and oxygen atoms in total. The number of hydrogen-bond acceptors (Lipinski definition) is 3. The van der Waals surface area contributed by atoms with E-state index in [1.165, 1.54) is 0 Å². The minimum absolute atomic E-state index is 0.0984. The predicted molar refractivity (Wildman–Crippen MR) is 123 cm³/mol. The minimum Gasteiger partial charge on any atom is -0.383 e. The number of nitrogens with zero attached hydrogens (tertiary/aromatic N) is 2. The molecule has 4 rings (SSSR count). The molecule has 0 saturated heterocycles. The van der Waals surface area contributed by atoms with Crippen molar-refractivity contribution in [1.29, 1.82) is 0 Å². The first kappa shape index (κ1) is 21.1. The molecule has 6 heteroatoms. The lowest BCUT2D eigenvalue weighted by atomic mass is 10.0. The molecule has 0 radical (unpaired) electrons. The first-order valence-corrected chi connectivity index (χ1v) is 10.6. The Labute approximate surface area is 186 Å². The molecule has 1 atom stereocenters. The molecule has 1 amide bonds. The van der Waals surface area contributed by atoms with Crippen molar-refractivity contribution in [3.8, 4) is 0 Å². The lowest BCUT2D eigenvalue weighted by Gasteiger charge is -2.22. The van der Waals surface area contributed by atoms with Crippen LogP contribution in [0.5, 0.6) is 0 Å². The lowest BCUT2D eigenvalue weighted by Crippen LogP contribution is -2.35. The Morgan fingerprint density at radius 3 is 2.61 bits per heavy atom. The standard InChI is InChI=1S/C25H24ClN3O2/c1-31-15-14-27-25(30)24(19-9-3-2-4-10-19)29-22-13-6-5-12-21(22)28-23(29)17-18-8-7-11-20(26)16-18/h2-13,16,24H,14-15,17H2,1H3,(H,27,30)/t24-/m1/s1. The van der Waals surface area contributed by atoms with Gasteiger partial charge in [-0.2, -0.15) is 0 Å². The summed E-state index contributed by atoms with van der Waals surface area (Å²) in [5.74, 6) is 0.706. The Morgan fingerprint density at radius 2 is 1.84 bits per heavy atom. The highest BCUT2D eigenvalue weighted by molar-refractivity contribution is 6.30. The first-order valence-electron chi connectivity index (χ1n) is 10.2. The molecule has 0 spiro atoms. The van der Waals surface area contributed by atoms with Gasteiger partial charge in [-0.05, 0) is 35.4 Å². The van der Waals surface area contributed by atoms with Gasteiger partial charge in [0.1, 0.15) is 11.9 Å². The van der Waals surface area contributed by atoms with Gasteiger partial charge in [0.05, 0.1) is 17.6 Å². The van der Waals surface area contributed by atoms with Crippen molar-refractivity contribution in [2.24, 2.45) is 0 Å². The molecule has 0 aliphatic heterocycles. The van der Waals surface area contributed by atoms with Gasteiger partial charge in [0.2, 0.25) is 5.91 Å². The van der Waals surface area contributed by atoms with Gasteiger partial charge in [0.15, 0.2) is 0 Å². The van der Waals surface area contributed by atoms with Crippen molar-refractivity contribution < 1.29 is 9.53 Å². The highest BCUT2D eigenvalue weighted by atomic mass is 35.5. The number of hydrogen-bond donors (Lipinski definition) is 1. The molecule has 1 aromatic heterocycles. The number of halogens is 1. The summed E-state index contributed by atoms with van der Waals surface area (Å²) < 4.78 is 7.14. The highest BCUT2D eigenvalue weighted by Gasteiger charge is 2.27. The summed E-state index contributed by atoms with van der Waals surface area (Å²) in [5, 5.41) is 3.68. The molecule has 0 aliphatic carbocycles. The van der Waals surface area contributed by atoms with E-state index >= 15 is 0 Å². The summed E-state index contributed by atoms with van der Waals surface area (Å²) in [6, 6.07) is 24.8. The zero-order valence-electron chi connectivity index (χ0n) is 17.3. The third-order valence-electron chi connectivity index (χ3n) is 5.15. The number of imidazole rings is 1. The van der Waals surface area contributed by atoms with E-state index in [9.17, 15) is 4.79 Å². The zero-order chi connectivity index (χ0) is 21.6. The monoisotopic (exact) mass is 433 g/mol. The van der Waals surface area contributed by atoms with Gasteiger partial charge in [0.25, 0.3) is 0 Å². The number of amides is 1. The largest absolute Gasteiger partial charge is 0.383 e. The van der Waals surface area contributed by atoms with Gasteiger partial charge in [-0.3, -0.25) is 4.79 Å². The molecule has 0 unspecified atom stereocenters. The van der Waals surface area contributed by atoms with E-state index in [1.807, 2.05) is 83.4 Å². The topological polar surface area (TPSA) is 56.1 Å². The highest BCUT2D eigenvalue weighted by Crippen LogP contribution is 2.28. The number of nitrogens with one attached hydrogen (secondary N) is 1. The third-order valence-corrected chi connectivity index (χ3v) is 5.38. The Hall–Kier alpha value is -3.15. The summed E-state index contributed by atoms with van der Waals surface area (Å²) in [6.07, 6.45) is 0.559. The van der Waals surface area contributed by atoms with Crippen LogP contribution in [0, 0.1) is 0 Å². The average Bonchev–Trinajstić information content (AvgIpc) is 3.13. The van der Waals surface area contributed by atoms with Crippen molar-refractivity contribution in [1.82, 2.24) is 14.9 Å². The Balaban J connectivity index is 1.84. The second-order valence-corrected chi connectivity index (χ2v) is 7.73. The summed E-state index contributed by atoms with van der Waals surface area (Å²) >= 11 is 6.21. The molecule has 3 aromatic carbocycles. The van der Waals surface area contributed by atoms with Gasteiger partial charge >= 0.3 is 0 Å². The number of benzene rings is 3. The van der Waals surface area contributed by atoms with Crippen LogP contribution in [0.15, 0.2) is 78.9 Å². The summed E-state index contributed by atoms with van der Waals surface area (Å²) in [4.78, 5) is 18.3. The average molecular weight is 434 g/mol. The fourth-order valence-corrected chi connectivity index (χ4v) is 3.98. The first-order chi connectivity index (χ1) is 15.2. The number of rotatable bonds is 8. The van der Waals surface area contributed by atoms with Crippen LogP contribution in [0.4, 0.5) is 0 Å². The van der Waals surface area contributed by atoms with Crippen LogP contribution in [-0.4, -0.2) is 35.7 Å². The molecule has 4 aromatic rings. The van der Waals surface area contributed by atoms with Crippen molar-refractivity contribution in [2.75, 3.05) is 20.3 Å². The summed E-state index contributed by atoms with van der Waals surface area (Å²) in [5.41, 5.74) is 3.70. The number of carbonyl (C=O) groups excluding carboxylic acids is 1. The van der Waals surface area contributed by atoms with E-state index in [4.69, 9.17) is 21.3 Å². The third kappa shape index (κ3) is 4.79. The lowest BCUT2D eigenvalue weighted by molar-refractivity contribution is -0.123. The molecule has 31 heavy (non-hydrogen) atoms. The smallest absolute Gasteiger partial charge is 0.247 e. The second kappa shape index (κ2) is 9.77. The van der Waals surface area contributed by atoms with Crippen molar-refractivity contribution in [2.45, 2.75) is 12.5 Å². The van der Waals surface area contributed by atoms with E-state index in [0.717, 1.165) is 28.0 Å². The molecule has 1 heterocycles. The summed E-state index contributed by atoms with van der Waals surface area (Å²) in [7, 11) is 1.62.